The number of carbonyl (C=O) groups excluding carboxylic acids is 2. The average molecular weight is 350 g/mol. The van der Waals surface area contributed by atoms with Gasteiger partial charge in [-0.3, -0.25) is 4.79 Å². The summed E-state index contributed by atoms with van der Waals surface area (Å²) in [6, 6.07) is 7.03. The van der Waals surface area contributed by atoms with E-state index in [0.717, 1.165) is 21.4 Å². The third-order valence-electron chi connectivity index (χ3n) is 4.15. The smallest absolute Gasteiger partial charge is 0.417 e. The highest BCUT2D eigenvalue weighted by atomic mass is 32.2. The summed E-state index contributed by atoms with van der Waals surface area (Å²) in [6.07, 6.45) is 1.26. The van der Waals surface area contributed by atoms with Crippen LogP contribution in [0.2, 0.25) is 0 Å². The molecule has 2 heterocycles. The van der Waals surface area contributed by atoms with Crippen LogP contribution in [0.5, 0.6) is 0 Å². The molecule has 1 unspecified atom stereocenters. The van der Waals surface area contributed by atoms with Gasteiger partial charge < -0.3 is 4.74 Å². The maximum atomic E-state index is 12.4. The van der Waals surface area contributed by atoms with Gasteiger partial charge in [0.1, 0.15) is 0 Å². The number of rotatable bonds is 4. The van der Waals surface area contributed by atoms with Gasteiger partial charge in [0.05, 0.1) is 6.04 Å². The van der Waals surface area contributed by atoms with Crippen molar-refractivity contribution in [3.8, 4) is 0 Å². The second-order valence-electron chi connectivity index (χ2n) is 5.88. The Balaban J connectivity index is 1.69. The minimum atomic E-state index is -3.60. The molecule has 8 heteroatoms. The summed E-state index contributed by atoms with van der Waals surface area (Å²) in [7, 11) is -3.60. The lowest BCUT2D eigenvalue weighted by molar-refractivity contribution is -0.127. The normalized spacial score (nSPS) is 22.5. The molecule has 0 bridgehead atoms. The lowest BCUT2D eigenvalue weighted by Crippen LogP contribution is -2.41. The van der Waals surface area contributed by atoms with Crippen LogP contribution in [0.4, 0.5) is 4.79 Å². The van der Waals surface area contributed by atoms with Crippen LogP contribution in [-0.2, 0) is 19.6 Å². The summed E-state index contributed by atoms with van der Waals surface area (Å²) >= 11 is 0. The molecule has 7 nitrogen and oxygen atoms in total. The monoisotopic (exact) mass is 350 g/mol. The number of hydrogen-bond donors (Lipinski definition) is 0. The Labute approximate surface area is 140 Å². The predicted octanol–water partition coefficient (Wildman–Crippen LogP) is 1.35. The zero-order valence-electron chi connectivity index (χ0n) is 13.2. The van der Waals surface area contributed by atoms with Crippen LogP contribution in [0, 0.1) is 6.92 Å². The van der Waals surface area contributed by atoms with Gasteiger partial charge in [0.15, 0.2) is 6.61 Å². The number of sulfonamides is 1. The van der Waals surface area contributed by atoms with Crippen molar-refractivity contribution in [2.24, 2.45) is 0 Å². The van der Waals surface area contributed by atoms with Crippen LogP contribution < -0.4 is 0 Å². The highest BCUT2D eigenvalue weighted by molar-refractivity contribution is 7.92. The van der Waals surface area contributed by atoms with Gasteiger partial charge >= 0.3 is 6.09 Å². The maximum absolute atomic E-state index is 12.4. The molecule has 1 aromatic carbocycles. The van der Waals surface area contributed by atoms with Gasteiger partial charge in [-0.1, -0.05) is 29.8 Å². The molecule has 0 N–H and O–H groups in total. The number of cyclic esters (lactones) is 1. The minimum absolute atomic E-state index is 0.0986. The molecule has 1 aromatic rings. The van der Waals surface area contributed by atoms with Crippen molar-refractivity contribution in [3.63, 3.8) is 0 Å². The van der Waals surface area contributed by atoms with Crippen LogP contribution in [0.25, 0.3) is 6.08 Å². The molecule has 24 heavy (non-hydrogen) atoms. The van der Waals surface area contributed by atoms with E-state index in [2.05, 4.69) is 4.74 Å². The van der Waals surface area contributed by atoms with Crippen molar-refractivity contribution in [1.29, 1.82) is 0 Å². The number of imide groups is 1. The Morgan fingerprint density at radius 1 is 1.21 bits per heavy atom. The first-order valence-corrected chi connectivity index (χ1v) is 9.11. The molecule has 2 aliphatic rings. The van der Waals surface area contributed by atoms with Gasteiger partial charge in [-0.05, 0) is 25.0 Å². The van der Waals surface area contributed by atoms with E-state index in [1.165, 1.54) is 10.4 Å². The summed E-state index contributed by atoms with van der Waals surface area (Å²) in [5, 5.41) is 1.16. The van der Waals surface area contributed by atoms with E-state index in [1.54, 1.807) is 0 Å². The number of hydrogen-bond acceptors (Lipinski definition) is 5. The van der Waals surface area contributed by atoms with Gasteiger partial charge in [-0.15, -0.1) is 0 Å². The van der Waals surface area contributed by atoms with Crippen molar-refractivity contribution in [2.45, 2.75) is 19.4 Å². The number of ether oxygens (including phenoxy) is 1. The summed E-state index contributed by atoms with van der Waals surface area (Å²) in [5.41, 5.74) is 1.89. The number of aryl methyl sites for hydroxylation is 1. The summed E-state index contributed by atoms with van der Waals surface area (Å²) in [4.78, 5) is 24.3. The van der Waals surface area contributed by atoms with E-state index in [1.807, 2.05) is 31.2 Å². The number of nitrogens with zero attached hydrogens (tertiary/aromatic N) is 2. The van der Waals surface area contributed by atoms with E-state index in [9.17, 15) is 18.0 Å². The second-order valence-corrected chi connectivity index (χ2v) is 7.70. The van der Waals surface area contributed by atoms with E-state index in [-0.39, 0.29) is 19.7 Å². The van der Waals surface area contributed by atoms with Gasteiger partial charge in [-0.2, -0.15) is 4.31 Å². The van der Waals surface area contributed by atoms with E-state index < -0.39 is 28.1 Å². The lowest BCUT2D eigenvalue weighted by Gasteiger charge is -2.19. The Bertz CT molecular complexity index is 769. The van der Waals surface area contributed by atoms with Gasteiger partial charge in [0.2, 0.25) is 10.0 Å². The van der Waals surface area contributed by atoms with E-state index >= 15 is 0 Å². The van der Waals surface area contributed by atoms with Gasteiger partial charge in [-0.25, -0.2) is 18.1 Å². The van der Waals surface area contributed by atoms with Gasteiger partial charge in [0.25, 0.3) is 5.91 Å². The molecule has 0 aromatic heterocycles. The number of benzene rings is 1. The molecule has 2 amide bonds. The zero-order valence-corrected chi connectivity index (χ0v) is 14.0. The number of amides is 2. The Morgan fingerprint density at radius 2 is 1.92 bits per heavy atom. The molecule has 3 rings (SSSR count). The van der Waals surface area contributed by atoms with Crippen LogP contribution >= 0.6 is 0 Å². The van der Waals surface area contributed by atoms with Crippen LogP contribution in [0.3, 0.4) is 0 Å². The van der Waals surface area contributed by atoms with Crippen molar-refractivity contribution in [3.05, 3.63) is 40.8 Å². The molecule has 2 aliphatic heterocycles. The highest BCUT2D eigenvalue weighted by Crippen LogP contribution is 2.23. The standard InChI is InChI=1S/C16H18N2O5S/c1-12-2-4-13(5-3-12)7-9-24(21,22)17-8-6-14(10-17)18-15(19)11-23-16(18)20/h2-5,7,9,14H,6,8,10-11H2,1H3/b9-7+. The van der Waals surface area contributed by atoms with Crippen LogP contribution in [0.1, 0.15) is 17.5 Å². The van der Waals surface area contributed by atoms with Gasteiger partial charge in [0, 0.05) is 18.5 Å². The zero-order chi connectivity index (χ0) is 17.3. The molecule has 0 radical (unpaired) electrons. The van der Waals surface area contributed by atoms with Crippen molar-refractivity contribution >= 4 is 28.1 Å². The summed E-state index contributed by atoms with van der Waals surface area (Å²) in [5.74, 6) is -0.417. The minimum Gasteiger partial charge on any atom is -0.439 e. The van der Waals surface area contributed by atoms with E-state index in [4.69, 9.17) is 0 Å². The molecule has 2 saturated heterocycles. The topological polar surface area (TPSA) is 84.0 Å². The molecular weight excluding hydrogens is 332 g/mol. The highest BCUT2D eigenvalue weighted by Gasteiger charge is 2.42. The first kappa shape index (κ1) is 16.7. The van der Waals surface area contributed by atoms with Crippen molar-refractivity contribution in [1.82, 2.24) is 9.21 Å². The molecule has 1 atom stereocenters. The molecule has 128 valence electrons. The largest absolute Gasteiger partial charge is 0.439 e. The third-order valence-corrected chi connectivity index (χ3v) is 5.68. The summed E-state index contributed by atoms with van der Waals surface area (Å²) < 4.78 is 30.8. The number of carbonyl (C=O) groups is 2. The molecule has 0 aliphatic carbocycles. The fourth-order valence-electron chi connectivity index (χ4n) is 2.80. The van der Waals surface area contributed by atoms with Crippen LogP contribution in [0.15, 0.2) is 29.7 Å². The molecular formula is C16H18N2O5S. The fraction of sp³-hybridized carbons (Fsp3) is 0.375. The lowest BCUT2D eigenvalue weighted by atomic mass is 10.2. The average Bonchev–Trinajstić information content (AvgIpc) is 3.14. The second kappa shape index (κ2) is 6.37. The Hall–Kier alpha value is -2.19. The first-order valence-electron chi connectivity index (χ1n) is 7.60. The SMILES string of the molecule is Cc1ccc(/C=C/S(=O)(=O)N2CCC(N3C(=O)COC3=O)C2)cc1. The van der Waals surface area contributed by atoms with Crippen LogP contribution in [-0.4, -0.2) is 55.4 Å². The quantitative estimate of drug-likeness (QED) is 0.818. The summed E-state index contributed by atoms with van der Waals surface area (Å²) in [6.45, 7) is 2.05. The first-order chi connectivity index (χ1) is 11.4. The third kappa shape index (κ3) is 3.34. The van der Waals surface area contributed by atoms with Crippen molar-refractivity contribution < 1.29 is 22.7 Å². The predicted molar refractivity (Wildman–Crippen MR) is 87.3 cm³/mol. The Kier molecular flexibility index (Phi) is 4.42. The Morgan fingerprint density at radius 3 is 2.54 bits per heavy atom. The molecule has 2 fully saturated rings. The van der Waals surface area contributed by atoms with E-state index in [0.29, 0.717) is 6.42 Å². The fourth-order valence-corrected chi connectivity index (χ4v) is 4.04. The van der Waals surface area contributed by atoms with Crippen molar-refractivity contribution in [2.75, 3.05) is 19.7 Å². The molecule has 0 spiro atoms. The maximum Gasteiger partial charge on any atom is 0.417 e. The molecule has 0 saturated carbocycles.